The predicted molar refractivity (Wildman–Crippen MR) is 137 cm³/mol. The highest BCUT2D eigenvalue weighted by Crippen LogP contribution is 2.38. The zero-order valence-electron chi connectivity index (χ0n) is 21.9. The largest absolute Gasteiger partial charge is 0.352 e. The number of likely N-dealkylation sites (N-methyl/N-ethyl adjacent to an activating group) is 1. The Morgan fingerprint density at radius 3 is 2.33 bits per heavy atom. The molecular weight excluding hydrogens is 482 g/mol. The second-order valence-electron chi connectivity index (χ2n) is 10.8. The first-order chi connectivity index (χ1) is 16.8. The number of hydrogen-bond donors (Lipinski definition) is 3. The molecule has 3 amide bonds. The number of amides is 3. The Bertz CT molecular complexity index is 1070. The highest BCUT2D eigenvalue weighted by molar-refractivity contribution is 7.88. The molecule has 2 aliphatic heterocycles. The fourth-order valence-electron chi connectivity index (χ4n) is 5.04. The molecule has 2 saturated heterocycles. The number of nitrogens with zero attached hydrogens (tertiary/aromatic N) is 2. The van der Waals surface area contributed by atoms with Gasteiger partial charge in [0, 0.05) is 25.7 Å². The van der Waals surface area contributed by atoms with Crippen LogP contribution in [0.25, 0.3) is 0 Å². The highest BCUT2D eigenvalue weighted by Gasteiger charge is 2.56. The zero-order valence-corrected chi connectivity index (χ0v) is 22.8. The van der Waals surface area contributed by atoms with Crippen molar-refractivity contribution in [3.05, 3.63) is 35.9 Å². The van der Waals surface area contributed by atoms with Gasteiger partial charge in [-0.3, -0.25) is 14.4 Å². The summed E-state index contributed by atoms with van der Waals surface area (Å²) in [6.45, 7) is 7.95. The van der Waals surface area contributed by atoms with E-state index in [1.165, 1.54) is 4.31 Å². The maximum absolute atomic E-state index is 13.9. The van der Waals surface area contributed by atoms with Gasteiger partial charge in [0.2, 0.25) is 27.7 Å². The molecule has 3 N–H and O–H groups in total. The molecule has 11 heteroatoms. The van der Waals surface area contributed by atoms with Crippen molar-refractivity contribution < 1.29 is 22.8 Å². The van der Waals surface area contributed by atoms with Crippen molar-refractivity contribution >= 4 is 27.7 Å². The molecule has 3 rings (SSSR count). The molecule has 0 bridgehead atoms. The van der Waals surface area contributed by atoms with Crippen LogP contribution in [0.2, 0.25) is 0 Å². The number of benzene rings is 1. The minimum absolute atomic E-state index is 0.0158. The molecule has 0 aliphatic carbocycles. The van der Waals surface area contributed by atoms with Gasteiger partial charge in [0.05, 0.1) is 24.3 Å². The van der Waals surface area contributed by atoms with Crippen molar-refractivity contribution in [1.29, 1.82) is 0 Å². The predicted octanol–water partition coefficient (Wildman–Crippen LogP) is 0.303. The molecule has 5 atom stereocenters. The number of rotatable bonds is 8. The van der Waals surface area contributed by atoms with Gasteiger partial charge in [0.15, 0.2) is 0 Å². The maximum Gasteiger partial charge on any atom is 0.246 e. The molecule has 10 nitrogen and oxygen atoms in total. The van der Waals surface area contributed by atoms with E-state index in [4.69, 9.17) is 0 Å². The van der Waals surface area contributed by atoms with Crippen molar-refractivity contribution in [1.82, 2.24) is 25.2 Å². The van der Waals surface area contributed by atoms with Gasteiger partial charge in [0.25, 0.3) is 0 Å². The van der Waals surface area contributed by atoms with Crippen molar-refractivity contribution in [3.63, 3.8) is 0 Å². The van der Waals surface area contributed by atoms with E-state index in [1.54, 1.807) is 18.9 Å². The summed E-state index contributed by atoms with van der Waals surface area (Å²) in [6, 6.07) is 7.04. The normalized spacial score (nSPS) is 24.2. The molecule has 0 spiro atoms. The van der Waals surface area contributed by atoms with E-state index in [0.717, 1.165) is 11.8 Å². The summed E-state index contributed by atoms with van der Waals surface area (Å²) < 4.78 is 26.5. The number of nitrogens with one attached hydrogen (secondary N) is 3. The molecule has 0 radical (unpaired) electrons. The molecule has 0 saturated carbocycles. The quantitative estimate of drug-likeness (QED) is 0.452. The number of carbonyl (C=O) groups excluding carboxylic acids is 3. The fourth-order valence-corrected chi connectivity index (χ4v) is 6.19. The van der Waals surface area contributed by atoms with Crippen LogP contribution in [-0.4, -0.2) is 85.9 Å². The third kappa shape index (κ3) is 6.07. The Hall–Kier alpha value is -2.50. The lowest BCUT2D eigenvalue weighted by molar-refractivity contribution is -0.142. The van der Waals surface area contributed by atoms with Gasteiger partial charge in [-0.1, -0.05) is 51.1 Å². The van der Waals surface area contributed by atoms with Crippen LogP contribution in [0.15, 0.2) is 30.3 Å². The Labute approximate surface area is 214 Å². The lowest BCUT2D eigenvalue weighted by atomic mass is 9.85. The van der Waals surface area contributed by atoms with Crippen LogP contribution in [0.3, 0.4) is 0 Å². The number of likely N-dealkylation sites (tertiary alicyclic amines) is 1. The topological polar surface area (TPSA) is 128 Å². The Morgan fingerprint density at radius 2 is 1.78 bits per heavy atom. The monoisotopic (exact) mass is 521 g/mol. The van der Waals surface area contributed by atoms with Crippen molar-refractivity contribution in [2.75, 3.05) is 26.4 Å². The molecule has 1 aromatic rings. The number of carbonyl (C=O) groups is 3. The molecule has 2 aliphatic rings. The number of sulfonamides is 1. The van der Waals surface area contributed by atoms with E-state index in [2.05, 4.69) is 16.0 Å². The summed E-state index contributed by atoms with van der Waals surface area (Å²) in [5.41, 5.74) is 0.326. The second kappa shape index (κ2) is 10.9. The molecular formula is C25H39N5O5S. The van der Waals surface area contributed by atoms with Gasteiger partial charge in [-0.2, -0.15) is 4.31 Å². The average molecular weight is 522 g/mol. The van der Waals surface area contributed by atoms with Gasteiger partial charge < -0.3 is 20.9 Å². The van der Waals surface area contributed by atoms with Crippen LogP contribution in [0.1, 0.15) is 39.7 Å². The Morgan fingerprint density at radius 1 is 1.14 bits per heavy atom. The van der Waals surface area contributed by atoms with Gasteiger partial charge in [-0.15, -0.1) is 0 Å². The lowest BCUT2D eigenvalue weighted by Gasteiger charge is -2.37. The van der Waals surface area contributed by atoms with Crippen LogP contribution in [0.5, 0.6) is 0 Å². The first kappa shape index (κ1) is 28.1. The molecule has 2 fully saturated rings. The standard InChI is InChI=1S/C25H39N5O5S/c1-16(26-5)22(31)28-21(25(2,3)4)24(33)29-13-12-19-20(29)18(15-30(19)36(6,34)35)23(32)27-14-17-10-8-7-9-11-17/h7-11,16,18-21,26H,12-15H2,1-6H3,(H,27,32)(H,28,31)/t16-,18+,19-,20-,21-/m1/s1. The molecule has 200 valence electrons. The fraction of sp³-hybridized carbons (Fsp3) is 0.640. The Balaban J connectivity index is 1.87. The summed E-state index contributed by atoms with van der Waals surface area (Å²) in [4.78, 5) is 41.5. The average Bonchev–Trinajstić information content (AvgIpc) is 3.40. The molecule has 1 aromatic carbocycles. The van der Waals surface area contributed by atoms with E-state index in [-0.39, 0.29) is 24.3 Å². The summed E-state index contributed by atoms with van der Waals surface area (Å²) in [5.74, 6) is -1.61. The second-order valence-corrected chi connectivity index (χ2v) is 12.8. The van der Waals surface area contributed by atoms with E-state index >= 15 is 0 Å². The van der Waals surface area contributed by atoms with Gasteiger partial charge in [-0.25, -0.2) is 8.42 Å². The SMILES string of the molecule is CN[C@H](C)C(=O)N[C@H](C(=O)N1CC[C@@H]2[C@H]1[C@@H](C(=O)NCc1ccccc1)CN2S(C)(=O)=O)C(C)(C)C. The smallest absolute Gasteiger partial charge is 0.246 e. The summed E-state index contributed by atoms with van der Waals surface area (Å²) in [7, 11) is -1.92. The maximum atomic E-state index is 13.9. The number of fused-ring (bicyclic) bond motifs is 1. The lowest BCUT2D eigenvalue weighted by Crippen LogP contribution is -2.59. The third-order valence-corrected chi connectivity index (χ3v) is 8.43. The van der Waals surface area contributed by atoms with Gasteiger partial charge in [0.1, 0.15) is 6.04 Å². The van der Waals surface area contributed by atoms with E-state index in [9.17, 15) is 22.8 Å². The molecule has 2 heterocycles. The van der Waals surface area contributed by atoms with Crippen LogP contribution in [0.4, 0.5) is 0 Å². The first-order valence-corrected chi connectivity index (χ1v) is 14.2. The van der Waals surface area contributed by atoms with E-state index in [0.29, 0.717) is 19.5 Å². The minimum Gasteiger partial charge on any atom is -0.352 e. The Kier molecular flexibility index (Phi) is 8.47. The minimum atomic E-state index is -3.58. The van der Waals surface area contributed by atoms with Crippen molar-refractivity contribution in [2.24, 2.45) is 11.3 Å². The van der Waals surface area contributed by atoms with Crippen LogP contribution in [-0.2, 0) is 31.0 Å². The van der Waals surface area contributed by atoms with E-state index < -0.39 is 45.5 Å². The third-order valence-electron chi connectivity index (χ3n) is 7.16. The van der Waals surface area contributed by atoms with Crippen LogP contribution >= 0.6 is 0 Å². The van der Waals surface area contributed by atoms with Gasteiger partial charge in [-0.05, 0) is 31.4 Å². The molecule has 0 unspecified atom stereocenters. The summed E-state index contributed by atoms with van der Waals surface area (Å²) in [6.07, 6.45) is 1.57. The first-order valence-electron chi connectivity index (χ1n) is 12.3. The van der Waals surface area contributed by atoms with Crippen LogP contribution in [0, 0.1) is 11.3 Å². The van der Waals surface area contributed by atoms with Crippen molar-refractivity contribution in [3.8, 4) is 0 Å². The van der Waals surface area contributed by atoms with Gasteiger partial charge >= 0.3 is 0 Å². The van der Waals surface area contributed by atoms with Crippen molar-refractivity contribution in [2.45, 2.75) is 64.8 Å². The number of hydrogen-bond acceptors (Lipinski definition) is 6. The van der Waals surface area contributed by atoms with Crippen LogP contribution < -0.4 is 16.0 Å². The summed E-state index contributed by atoms with van der Waals surface area (Å²) >= 11 is 0. The summed E-state index contributed by atoms with van der Waals surface area (Å²) in [5, 5.41) is 8.67. The van der Waals surface area contributed by atoms with E-state index in [1.807, 2.05) is 51.1 Å². The highest BCUT2D eigenvalue weighted by atomic mass is 32.2. The zero-order chi connectivity index (χ0) is 26.8. The molecule has 0 aromatic heterocycles. The molecule has 36 heavy (non-hydrogen) atoms.